The smallest absolute Gasteiger partial charge is 0.115 e. The molecule has 0 saturated heterocycles. The Morgan fingerprint density at radius 1 is 1.11 bits per heavy atom. The molecule has 0 unspecified atom stereocenters. The molecule has 0 aliphatic heterocycles. The second kappa shape index (κ2) is 6.24. The Morgan fingerprint density at radius 3 is 2.28 bits per heavy atom. The van der Waals surface area contributed by atoms with Crippen LogP contribution in [0.2, 0.25) is 0 Å². The van der Waals surface area contributed by atoms with E-state index >= 15 is 0 Å². The third-order valence-electron chi connectivity index (χ3n) is 4.25. The zero-order valence-corrected chi connectivity index (χ0v) is 11.5. The first kappa shape index (κ1) is 13.4. The molecular weight excluding hydrogens is 222 g/mol. The van der Waals surface area contributed by atoms with Gasteiger partial charge in [0.15, 0.2) is 0 Å². The number of hydrogen-bond acceptors (Lipinski definition) is 2. The molecule has 2 heteroatoms. The van der Waals surface area contributed by atoms with E-state index in [0.717, 1.165) is 18.4 Å². The zero-order valence-electron chi connectivity index (χ0n) is 11.5. The van der Waals surface area contributed by atoms with Gasteiger partial charge < -0.3 is 10.4 Å². The van der Waals surface area contributed by atoms with Crippen molar-refractivity contribution in [1.29, 1.82) is 0 Å². The molecule has 0 amide bonds. The van der Waals surface area contributed by atoms with E-state index in [4.69, 9.17) is 0 Å². The molecule has 0 aromatic heterocycles. The zero-order chi connectivity index (χ0) is 13.0. The van der Waals surface area contributed by atoms with Crippen LogP contribution < -0.4 is 5.32 Å². The quantitative estimate of drug-likeness (QED) is 0.850. The average molecular weight is 247 g/mol. The normalized spacial score (nSPS) is 24.4. The summed E-state index contributed by atoms with van der Waals surface area (Å²) in [4.78, 5) is 0. The van der Waals surface area contributed by atoms with Gasteiger partial charge in [-0.25, -0.2) is 0 Å². The molecule has 0 heterocycles. The van der Waals surface area contributed by atoms with Crippen LogP contribution in [0.5, 0.6) is 5.75 Å². The molecule has 1 aliphatic rings. The maximum atomic E-state index is 9.23. The second-order valence-corrected chi connectivity index (χ2v) is 5.90. The Bertz CT molecular complexity index is 350. The Kier molecular flexibility index (Phi) is 4.65. The summed E-state index contributed by atoms with van der Waals surface area (Å²) in [6, 6.07) is 8.16. The monoisotopic (exact) mass is 247 g/mol. The van der Waals surface area contributed by atoms with Crippen molar-refractivity contribution in [3.63, 3.8) is 0 Å². The number of nitrogens with one attached hydrogen (secondary N) is 1. The van der Waals surface area contributed by atoms with Gasteiger partial charge in [0.2, 0.25) is 0 Å². The Balaban J connectivity index is 1.74. The minimum absolute atomic E-state index is 0.344. The van der Waals surface area contributed by atoms with Crippen molar-refractivity contribution in [2.45, 2.75) is 52.1 Å². The van der Waals surface area contributed by atoms with Crippen molar-refractivity contribution in [3.05, 3.63) is 29.8 Å². The first-order chi connectivity index (χ1) is 8.65. The molecule has 0 spiro atoms. The highest BCUT2D eigenvalue weighted by molar-refractivity contribution is 5.25. The summed E-state index contributed by atoms with van der Waals surface area (Å²) >= 11 is 0. The number of hydrogen-bond donors (Lipinski definition) is 2. The van der Waals surface area contributed by atoms with Crippen LogP contribution in [0, 0.1) is 11.8 Å². The highest BCUT2D eigenvalue weighted by Gasteiger charge is 2.22. The third kappa shape index (κ3) is 3.74. The molecule has 1 aromatic carbocycles. The summed E-state index contributed by atoms with van der Waals surface area (Å²) in [6.45, 7) is 5.60. The van der Waals surface area contributed by atoms with Gasteiger partial charge in [-0.15, -0.1) is 0 Å². The molecule has 2 N–H and O–H groups in total. The lowest BCUT2D eigenvalue weighted by molar-refractivity contribution is 0.238. The molecule has 0 atom stereocenters. The summed E-state index contributed by atoms with van der Waals surface area (Å²) in [5.41, 5.74) is 1.25. The van der Waals surface area contributed by atoms with Gasteiger partial charge in [0.1, 0.15) is 5.75 Å². The number of phenolic OH excluding ortho intramolecular Hbond substituents is 1. The van der Waals surface area contributed by atoms with Crippen LogP contribution >= 0.6 is 0 Å². The molecule has 0 bridgehead atoms. The van der Waals surface area contributed by atoms with E-state index in [1.54, 1.807) is 12.1 Å². The first-order valence-corrected chi connectivity index (χ1v) is 7.16. The molecule has 1 aliphatic carbocycles. The third-order valence-corrected chi connectivity index (χ3v) is 4.25. The van der Waals surface area contributed by atoms with Crippen LogP contribution in [0.4, 0.5) is 0 Å². The van der Waals surface area contributed by atoms with Crippen LogP contribution in [-0.2, 0) is 6.54 Å². The standard InChI is InChI=1S/C16H25NO/c1-12(2)14-5-7-15(8-6-14)17-11-13-3-9-16(18)10-4-13/h3-4,9-10,12,14-15,17-18H,5-8,11H2,1-2H3. The van der Waals surface area contributed by atoms with E-state index in [9.17, 15) is 5.11 Å². The molecule has 18 heavy (non-hydrogen) atoms. The fourth-order valence-electron chi connectivity index (χ4n) is 2.87. The van der Waals surface area contributed by atoms with E-state index in [2.05, 4.69) is 19.2 Å². The summed E-state index contributed by atoms with van der Waals surface area (Å²) < 4.78 is 0. The topological polar surface area (TPSA) is 32.3 Å². The van der Waals surface area contributed by atoms with Crippen LogP contribution in [0.15, 0.2) is 24.3 Å². The second-order valence-electron chi connectivity index (χ2n) is 5.90. The lowest BCUT2D eigenvalue weighted by atomic mass is 9.80. The van der Waals surface area contributed by atoms with Gasteiger partial charge in [0, 0.05) is 12.6 Å². The lowest BCUT2D eigenvalue weighted by Crippen LogP contribution is -2.33. The molecule has 1 saturated carbocycles. The van der Waals surface area contributed by atoms with E-state index in [0.29, 0.717) is 11.8 Å². The van der Waals surface area contributed by atoms with E-state index in [1.165, 1.54) is 31.2 Å². The molecular formula is C16H25NO. The van der Waals surface area contributed by atoms with Crippen LogP contribution in [0.1, 0.15) is 45.1 Å². The number of aromatic hydroxyl groups is 1. The summed E-state index contributed by atoms with van der Waals surface area (Å²) in [6.07, 6.45) is 5.34. The summed E-state index contributed by atoms with van der Waals surface area (Å²) in [7, 11) is 0. The van der Waals surface area contributed by atoms with Gasteiger partial charge in [-0.2, -0.15) is 0 Å². The summed E-state index contributed by atoms with van der Waals surface area (Å²) in [5, 5.41) is 12.9. The van der Waals surface area contributed by atoms with E-state index in [-0.39, 0.29) is 0 Å². The molecule has 1 aromatic rings. The fourth-order valence-corrected chi connectivity index (χ4v) is 2.87. The van der Waals surface area contributed by atoms with E-state index in [1.807, 2.05) is 12.1 Å². The van der Waals surface area contributed by atoms with Crippen LogP contribution in [0.3, 0.4) is 0 Å². The largest absolute Gasteiger partial charge is 0.508 e. The van der Waals surface area contributed by atoms with Crippen LogP contribution in [-0.4, -0.2) is 11.1 Å². The Labute approximate surface area is 110 Å². The van der Waals surface area contributed by atoms with Gasteiger partial charge in [0.25, 0.3) is 0 Å². The van der Waals surface area contributed by atoms with Gasteiger partial charge in [-0.05, 0) is 55.2 Å². The van der Waals surface area contributed by atoms with Crippen molar-refractivity contribution in [3.8, 4) is 5.75 Å². The SMILES string of the molecule is CC(C)C1CCC(NCc2ccc(O)cc2)CC1. The highest BCUT2D eigenvalue weighted by Crippen LogP contribution is 2.29. The number of rotatable bonds is 4. The Hall–Kier alpha value is -1.02. The van der Waals surface area contributed by atoms with Crippen molar-refractivity contribution in [2.24, 2.45) is 11.8 Å². The Morgan fingerprint density at radius 2 is 1.72 bits per heavy atom. The average Bonchev–Trinajstić information content (AvgIpc) is 2.38. The molecule has 2 rings (SSSR count). The van der Waals surface area contributed by atoms with Crippen molar-refractivity contribution in [2.75, 3.05) is 0 Å². The van der Waals surface area contributed by atoms with Gasteiger partial charge in [-0.1, -0.05) is 26.0 Å². The predicted molar refractivity (Wildman–Crippen MR) is 75.5 cm³/mol. The van der Waals surface area contributed by atoms with Crippen molar-refractivity contribution >= 4 is 0 Å². The molecule has 0 radical (unpaired) electrons. The molecule has 100 valence electrons. The van der Waals surface area contributed by atoms with Gasteiger partial charge >= 0.3 is 0 Å². The number of phenols is 1. The predicted octanol–water partition coefficient (Wildman–Crippen LogP) is 3.70. The summed E-state index contributed by atoms with van der Waals surface area (Å²) in [5.74, 6) is 2.11. The maximum Gasteiger partial charge on any atom is 0.115 e. The van der Waals surface area contributed by atoms with Gasteiger partial charge in [0.05, 0.1) is 0 Å². The lowest BCUT2D eigenvalue weighted by Gasteiger charge is -2.31. The molecule has 2 nitrogen and oxygen atoms in total. The van der Waals surface area contributed by atoms with Crippen LogP contribution in [0.25, 0.3) is 0 Å². The molecule has 1 fully saturated rings. The fraction of sp³-hybridized carbons (Fsp3) is 0.625. The van der Waals surface area contributed by atoms with E-state index < -0.39 is 0 Å². The maximum absolute atomic E-state index is 9.23. The number of benzene rings is 1. The van der Waals surface area contributed by atoms with Crippen molar-refractivity contribution in [1.82, 2.24) is 5.32 Å². The van der Waals surface area contributed by atoms with Gasteiger partial charge in [-0.3, -0.25) is 0 Å². The minimum atomic E-state index is 0.344. The first-order valence-electron chi connectivity index (χ1n) is 7.16. The minimum Gasteiger partial charge on any atom is -0.508 e. The highest BCUT2D eigenvalue weighted by atomic mass is 16.3. The van der Waals surface area contributed by atoms with Crippen molar-refractivity contribution < 1.29 is 5.11 Å².